The standard InChI is InChI=1S/C25H34N2O5S/c1-6-26(7-2)22(28)17-27-23(16-24(29)31-8-3)33-21(25(27)30)15-19-9-11-20(12-10-19)32-14-13-18(4)5/h9-12,15-16,18H,6-8,13-14,17H2,1-5H3/b21-15-,23-16-. The van der Waals surface area contributed by atoms with Gasteiger partial charge in [-0.2, -0.15) is 0 Å². The summed E-state index contributed by atoms with van der Waals surface area (Å²) in [5.41, 5.74) is 0.516. The zero-order valence-electron chi connectivity index (χ0n) is 20.1. The third-order valence-corrected chi connectivity index (χ3v) is 6.08. The van der Waals surface area contributed by atoms with Gasteiger partial charge in [-0.15, -0.1) is 11.3 Å². The molecule has 0 aliphatic rings. The first-order valence-electron chi connectivity index (χ1n) is 11.4. The topological polar surface area (TPSA) is 77.8 Å². The zero-order chi connectivity index (χ0) is 24.4. The van der Waals surface area contributed by atoms with Gasteiger partial charge in [-0.1, -0.05) is 26.0 Å². The average Bonchev–Trinajstić information content (AvgIpc) is 3.04. The molecule has 0 unspecified atom stereocenters. The maximum absolute atomic E-state index is 13.1. The monoisotopic (exact) mass is 474 g/mol. The molecule has 0 aliphatic carbocycles. The molecule has 0 radical (unpaired) electrons. The average molecular weight is 475 g/mol. The lowest BCUT2D eigenvalue weighted by atomic mass is 10.1. The minimum Gasteiger partial charge on any atom is -0.494 e. The van der Waals surface area contributed by atoms with E-state index in [1.165, 1.54) is 10.6 Å². The van der Waals surface area contributed by atoms with E-state index in [1.807, 2.05) is 38.1 Å². The van der Waals surface area contributed by atoms with E-state index in [0.717, 1.165) is 29.1 Å². The van der Waals surface area contributed by atoms with Crippen molar-refractivity contribution in [1.82, 2.24) is 9.47 Å². The molecule has 1 aromatic carbocycles. The molecule has 33 heavy (non-hydrogen) atoms. The maximum Gasteiger partial charge on any atom is 0.333 e. The normalized spacial score (nSPS) is 12.3. The number of aromatic nitrogens is 1. The van der Waals surface area contributed by atoms with Crippen LogP contribution in [0.5, 0.6) is 5.75 Å². The summed E-state index contributed by atoms with van der Waals surface area (Å²) in [6, 6.07) is 7.50. The van der Waals surface area contributed by atoms with E-state index < -0.39 is 5.97 Å². The van der Waals surface area contributed by atoms with E-state index in [0.29, 0.717) is 34.8 Å². The highest BCUT2D eigenvalue weighted by Gasteiger charge is 2.15. The van der Waals surface area contributed by atoms with Crippen LogP contribution in [-0.2, 0) is 20.9 Å². The molecule has 0 bridgehead atoms. The first kappa shape index (κ1) is 26.4. The Morgan fingerprint density at radius 3 is 2.36 bits per heavy atom. The van der Waals surface area contributed by atoms with Gasteiger partial charge >= 0.3 is 5.97 Å². The molecule has 0 fully saturated rings. The van der Waals surface area contributed by atoms with Crippen LogP contribution in [0.1, 0.15) is 46.6 Å². The number of nitrogens with zero attached hydrogens (tertiary/aromatic N) is 2. The number of rotatable bonds is 11. The van der Waals surface area contributed by atoms with E-state index in [4.69, 9.17) is 9.47 Å². The zero-order valence-corrected chi connectivity index (χ0v) is 20.9. The molecule has 8 heteroatoms. The first-order chi connectivity index (χ1) is 15.8. The number of likely N-dealkylation sites (N-methyl/N-ethyl adjacent to an activating group) is 1. The molecule has 1 amide bonds. The van der Waals surface area contributed by atoms with E-state index in [-0.39, 0.29) is 24.6 Å². The second-order valence-corrected chi connectivity index (χ2v) is 8.96. The largest absolute Gasteiger partial charge is 0.494 e. The lowest BCUT2D eigenvalue weighted by molar-refractivity contribution is -0.135. The molecule has 7 nitrogen and oxygen atoms in total. The molecule has 0 aliphatic heterocycles. The third kappa shape index (κ3) is 7.89. The number of esters is 1. The fourth-order valence-electron chi connectivity index (χ4n) is 3.11. The minimum absolute atomic E-state index is 0.126. The highest BCUT2D eigenvalue weighted by atomic mass is 32.1. The summed E-state index contributed by atoms with van der Waals surface area (Å²) in [5, 5.41) is 0. The fourth-order valence-corrected chi connectivity index (χ4v) is 4.14. The molecule has 0 N–H and O–H groups in total. The molecule has 1 aromatic heterocycles. The highest BCUT2D eigenvalue weighted by molar-refractivity contribution is 7.07. The van der Waals surface area contributed by atoms with Crippen LogP contribution < -0.4 is 19.5 Å². The van der Waals surface area contributed by atoms with Crippen LogP contribution in [-0.4, -0.2) is 47.6 Å². The van der Waals surface area contributed by atoms with Crippen LogP contribution in [0, 0.1) is 5.92 Å². The van der Waals surface area contributed by atoms with Crippen molar-refractivity contribution in [2.75, 3.05) is 26.3 Å². The van der Waals surface area contributed by atoms with Crippen molar-refractivity contribution in [2.45, 2.75) is 47.6 Å². The number of ether oxygens (including phenoxy) is 2. The summed E-state index contributed by atoms with van der Waals surface area (Å²) in [4.78, 5) is 39.4. The van der Waals surface area contributed by atoms with Crippen molar-refractivity contribution in [1.29, 1.82) is 0 Å². The van der Waals surface area contributed by atoms with Gasteiger partial charge in [0.25, 0.3) is 5.56 Å². The van der Waals surface area contributed by atoms with Crippen molar-refractivity contribution in [3.63, 3.8) is 0 Å². The molecule has 0 spiro atoms. The lowest BCUT2D eigenvalue weighted by Gasteiger charge is -2.18. The molecule has 0 saturated carbocycles. The van der Waals surface area contributed by atoms with Crippen molar-refractivity contribution in [3.8, 4) is 5.75 Å². The Hall–Kier alpha value is -2.87. The van der Waals surface area contributed by atoms with Crippen LogP contribution in [0.4, 0.5) is 0 Å². The van der Waals surface area contributed by atoms with Gasteiger partial charge in [-0.25, -0.2) is 4.79 Å². The Balaban J connectivity index is 2.40. The van der Waals surface area contributed by atoms with Crippen molar-refractivity contribution in [3.05, 3.63) is 49.4 Å². The van der Waals surface area contributed by atoms with E-state index >= 15 is 0 Å². The van der Waals surface area contributed by atoms with Crippen molar-refractivity contribution >= 4 is 35.4 Å². The Morgan fingerprint density at radius 2 is 1.79 bits per heavy atom. The fraction of sp³-hybridized carbons (Fsp3) is 0.480. The number of hydrogen-bond donors (Lipinski definition) is 0. The molecular formula is C25H34N2O5S. The van der Waals surface area contributed by atoms with Crippen molar-refractivity contribution in [2.24, 2.45) is 5.92 Å². The predicted molar refractivity (Wildman–Crippen MR) is 132 cm³/mol. The second kappa shape index (κ2) is 13.0. The Bertz CT molecular complexity index is 1100. The molecule has 2 rings (SSSR count). The van der Waals surface area contributed by atoms with E-state index in [9.17, 15) is 14.4 Å². The van der Waals surface area contributed by atoms with Gasteiger partial charge in [0.1, 0.15) is 17.0 Å². The number of benzene rings is 1. The van der Waals surface area contributed by atoms with Gasteiger partial charge in [0.2, 0.25) is 5.91 Å². The third-order valence-electron chi connectivity index (χ3n) is 5.02. The van der Waals surface area contributed by atoms with Gasteiger partial charge in [0, 0.05) is 13.1 Å². The number of hydrogen-bond acceptors (Lipinski definition) is 6. The van der Waals surface area contributed by atoms with Gasteiger partial charge < -0.3 is 14.4 Å². The molecule has 1 heterocycles. The van der Waals surface area contributed by atoms with Gasteiger partial charge in [-0.3, -0.25) is 14.2 Å². The maximum atomic E-state index is 13.1. The quantitative estimate of drug-likeness (QED) is 0.468. The summed E-state index contributed by atoms with van der Waals surface area (Å²) in [6.45, 7) is 11.7. The predicted octanol–water partition coefficient (Wildman–Crippen LogP) is 2.38. The molecule has 0 saturated heterocycles. The smallest absolute Gasteiger partial charge is 0.333 e. The molecule has 2 aromatic rings. The summed E-state index contributed by atoms with van der Waals surface area (Å²) >= 11 is 1.16. The molecule has 180 valence electrons. The molecule has 0 atom stereocenters. The Labute approximate surface area is 198 Å². The summed E-state index contributed by atoms with van der Waals surface area (Å²) < 4.78 is 12.9. The van der Waals surface area contributed by atoms with Crippen molar-refractivity contribution < 1.29 is 19.1 Å². The van der Waals surface area contributed by atoms with E-state index in [1.54, 1.807) is 17.9 Å². The first-order valence-corrected chi connectivity index (χ1v) is 12.2. The summed E-state index contributed by atoms with van der Waals surface area (Å²) in [5.74, 6) is 0.635. The lowest BCUT2D eigenvalue weighted by Crippen LogP contribution is -2.40. The van der Waals surface area contributed by atoms with Crippen LogP contribution in [0.15, 0.2) is 29.1 Å². The minimum atomic E-state index is -0.544. The van der Waals surface area contributed by atoms with Gasteiger partial charge in [-0.05, 0) is 56.9 Å². The number of thiazole rings is 1. The molecular weight excluding hydrogens is 440 g/mol. The summed E-state index contributed by atoms with van der Waals surface area (Å²) in [7, 11) is 0. The SMILES string of the molecule is CCOC(=O)/C=c1\s/c(=C\c2ccc(OCCC(C)C)cc2)c(=O)n1CC(=O)N(CC)CC. The second-order valence-electron chi connectivity index (χ2n) is 7.90. The van der Waals surface area contributed by atoms with Crippen LogP contribution in [0.2, 0.25) is 0 Å². The number of carbonyl (C=O) groups excluding carboxylic acids is 2. The van der Waals surface area contributed by atoms with Gasteiger partial charge in [0.15, 0.2) is 0 Å². The van der Waals surface area contributed by atoms with E-state index in [2.05, 4.69) is 13.8 Å². The van der Waals surface area contributed by atoms with Crippen LogP contribution >= 0.6 is 11.3 Å². The van der Waals surface area contributed by atoms with Crippen LogP contribution in [0.3, 0.4) is 0 Å². The van der Waals surface area contributed by atoms with Crippen LogP contribution in [0.25, 0.3) is 12.2 Å². The Morgan fingerprint density at radius 1 is 1.12 bits per heavy atom. The van der Waals surface area contributed by atoms with Gasteiger partial charge in [0.05, 0.1) is 23.8 Å². The number of amides is 1. The highest BCUT2D eigenvalue weighted by Crippen LogP contribution is 2.13. The summed E-state index contributed by atoms with van der Waals surface area (Å²) in [6.07, 6.45) is 4.01. The number of carbonyl (C=O) groups is 2. The Kier molecular flexibility index (Phi) is 10.4.